The normalized spacial score (nSPS) is 17.7. The Morgan fingerprint density at radius 1 is 1.31 bits per heavy atom. The highest BCUT2D eigenvalue weighted by molar-refractivity contribution is 6.34. The Balaban J connectivity index is 1.88. The standard InChI is InChI=1S/C22H34ClN3O3/c1-15-10-16(2)20(18(23)11-15)24-19(27)14-26-9-7-8-17(13-26)12-25(6)21(28)29-22(3,4)5/h10-11,17H,7-9,12-14H2,1-6H3,(H,24,27)/t17-/m1/s1. The zero-order valence-electron chi connectivity index (χ0n) is 18.5. The summed E-state index contributed by atoms with van der Waals surface area (Å²) in [6, 6.07) is 3.86. The minimum atomic E-state index is -0.503. The highest BCUT2D eigenvalue weighted by Crippen LogP contribution is 2.27. The smallest absolute Gasteiger partial charge is 0.410 e. The first-order valence-electron chi connectivity index (χ1n) is 10.2. The molecule has 1 aliphatic heterocycles. The number of anilines is 1. The zero-order valence-corrected chi connectivity index (χ0v) is 19.2. The van der Waals surface area contributed by atoms with Crippen LogP contribution in [0.5, 0.6) is 0 Å². The monoisotopic (exact) mass is 423 g/mol. The molecule has 7 heteroatoms. The maximum atomic E-state index is 12.6. The fourth-order valence-corrected chi connectivity index (χ4v) is 4.07. The summed E-state index contributed by atoms with van der Waals surface area (Å²) >= 11 is 6.30. The topological polar surface area (TPSA) is 61.9 Å². The minimum absolute atomic E-state index is 0.0694. The summed E-state index contributed by atoms with van der Waals surface area (Å²) in [6.07, 6.45) is 1.73. The summed E-state index contributed by atoms with van der Waals surface area (Å²) in [6.45, 7) is 12.1. The van der Waals surface area contributed by atoms with Crippen molar-refractivity contribution in [2.75, 3.05) is 38.5 Å². The molecule has 162 valence electrons. The number of carbonyl (C=O) groups excluding carboxylic acids is 2. The molecular formula is C22H34ClN3O3. The molecule has 1 aromatic carbocycles. The number of hydrogen-bond acceptors (Lipinski definition) is 4. The van der Waals surface area contributed by atoms with Crippen molar-refractivity contribution in [3.8, 4) is 0 Å². The number of piperidine rings is 1. The van der Waals surface area contributed by atoms with Crippen LogP contribution < -0.4 is 5.32 Å². The maximum Gasteiger partial charge on any atom is 0.410 e. The molecule has 1 fully saturated rings. The van der Waals surface area contributed by atoms with E-state index in [0.717, 1.165) is 37.1 Å². The summed E-state index contributed by atoms with van der Waals surface area (Å²) in [5, 5.41) is 3.52. The number of amides is 2. The molecule has 1 atom stereocenters. The third-order valence-corrected chi connectivity index (χ3v) is 5.20. The van der Waals surface area contributed by atoms with Gasteiger partial charge < -0.3 is 15.0 Å². The van der Waals surface area contributed by atoms with Crippen molar-refractivity contribution in [2.45, 2.75) is 53.1 Å². The molecule has 1 aliphatic rings. The Morgan fingerprint density at radius 3 is 2.62 bits per heavy atom. The molecule has 6 nitrogen and oxygen atoms in total. The van der Waals surface area contributed by atoms with Crippen LogP contribution in [0, 0.1) is 19.8 Å². The Hall–Kier alpha value is -1.79. The van der Waals surface area contributed by atoms with Crippen molar-refractivity contribution >= 4 is 29.3 Å². The van der Waals surface area contributed by atoms with E-state index in [1.807, 2.05) is 46.8 Å². The van der Waals surface area contributed by atoms with E-state index in [9.17, 15) is 9.59 Å². The first kappa shape index (κ1) is 23.5. The highest BCUT2D eigenvalue weighted by Gasteiger charge is 2.26. The lowest BCUT2D eigenvalue weighted by atomic mass is 9.97. The van der Waals surface area contributed by atoms with Gasteiger partial charge >= 0.3 is 6.09 Å². The highest BCUT2D eigenvalue weighted by atomic mass is 35.5. The molecule has 2 amide bonds. The largest absolute Gasteiger partial charge is 0.444 e. The molecule has 1 N–H and O–H groups in total. The van der Waals surface area contributed by atoms with E-state index in [1.54, 1.807) is 11.9 Å². The molecule has 0 unspecified atom stereocenters. The molecule has 1 aromatic rings. The molecule has 0 radical (unpaired) electrons. The number of ether oxygens (including phenoxy) is 1. The van der Waals surface area contributed by atoms with Crippen molar-refractivity contribution < 1.29 is 14.3 Å². The van der Waals surface area contributed by atoms with Crippen molar-refractivity contribution in [3.63, 3.8) is 0 Å². The third kappa shape index (κ3) is 7.52. The second kappa shape index (κ2) is 9.81. The third-order valence-electron chi connectivity index (χ3n) is 4.90. The van der Waals surface area contributed by atoms with Gasteiger partial charge in [-0.3, -0.25) is 9.69 Å². The lowest BCUT2D eigenvalue weighted by molar-refractivity contribution is -0.117. The number of likely N-dealkylation sites (tertiary alicyclic amines) is 1. The SMILES string of the molecule is Cc1cc(C)c(NC(=O)CN2CCC[C@H](CN(C)C(=O)OC(C)(C)C)C2)c(Cl)c1. The quantitative estimate of drug-likeness (QED) is 0.758. The first-order valence-corrected chi connectivity index (χ1v) is 10.6. The van der Waals surface area contributed by atoms with Gasteiger partial charge in [0.1, 0.15) is 5.60 Å². The van der Waals surface area contributed by atoms with E-state index in [1.165, 1.54) is 0 Å². The van der Waals surface area contributed by atoms with Gasteiger partial charge in [0.05, 0.1) is 17.3 Å². The molecule has 29 heavy (non-hydrogen) atoms. The van der Waals surface area contributed by atoms with Crippen molar-refractivity contribution in [3.05, 3.63) is 28.3 Å². The number of rotatable bonds is 5. The maximum absolute atomic E-state index is 12.6. The average Bonchev–Trinajstić information content (AvgIpc) is 2.57. The van der Waals surface area contributed by atoms with E-state index in [2.05, 4.69) is 10.2 Å². The first-order chi connectivity index (χ1) is 13.4. The van der Waals surface area contributed by atoms with E-state index in [-0.39, 0.29) is 12.0 Å². The van der Waals surface area contributed by atoms with Gasteiger partial charge in [0, 0.05) is 20.1 Å². The molecule has 0 spiro atoms. The Kier molecular flexibility index (Phi) is 7.94. The van der Waals surface area contributed by atoms with Crippen LogP contribution in [0.25, 0.3) is 0 Å². The number of hydrogen-bond donors (Lipinski definition) is 1. The number of nitrogens with one attached hydrogen (secondary N) is 1. The minimum Gasteiger partial charge on any atom is -0.444 e. The number of nitrogens with zero attached hydrogens (tertiary/aromatic N) is 2. The predicted molar refractivity (Wildman–Crippen MR) is 118 cm³/mol. The fourth-order valence-electron chi connectivity index (χ4n) is 3.70. The van der Waals surface area contributed by atoms with Gasteiger partial charge in [0.15, 0.2) is 0 Å². The molecule has 0 aromatic heterocycles. The second-order valence-corrected chi connectivity index (χ2v) is 9.50. The van der Waals surface area contributed by atoms with E-state index < -0.39 is 5.60 Å². The zero-order chi connectivity index (χ0) is 21.8. The van der Waals surface area contributed by atoms with E-state index >= 15 is 0 Å². The van der Waals surface area contributed by atoms with Gasteiger partial charge in [-0.15, -0.1) is 0 Å². The van der Waals surface area contributed by atoms with Crippen LogP contribution in [0.4, 0.5) is 10.5 Å². The van der Waals surface area contributed by atoms with Crippen LogP contribution in [-0.4, -0.2) is 60.6 Å². The summed E-state index contributed by atoms with van der Waals surface area (Å²) < 4.78 is 5.43. The Bertz CT molecular complexity index is 722. The molecule has 1 saturated heterocycles. The van der Waals surface area contributed by atoms with Crippen molar-refractivity contribution in [2.24, 2.45) is 5.92 Å². The summed E-state index contributed by atoms with van der Waals surface area (Å²) in [7, 11) is 1.77. The number of carbonyl (C=O) groups is 2. The number of halogens is 1. The number of aryl methyl sites for hydroxylation is 2. The van der Waals surface area contributed by atoms with Crippen LogP contribution in [0.2, 0.25) is 5.02 Å². The Morgan fingerprint density at radius 2 is 2.00 bits per heavy atom. The summed E-state index contributed by atoms with van der Waals surface area (Å²) in [4.78, 5) is 28.5. The van der Waals surface area contributed by atoms with Crippen molar-refractivity contribution in [1.82, 2.24) is 9.80 Å². The van der Waals surface area contributed by atoms with Gasteiger partial charge in [-0.2, -0.15) is 0 Å². The van der Waals surface area contributed by atoms with Gasteiger partial charge in [0.25, 0.3) is 0 Å². The van der Waals surface area contributed by atoms with Gasteiger partial charge in [0.2, 0.25) is 5.91 Å². The van der Waals surface area contributed by atoms with Gasteiger partial charge in [-0.05, 0) is 77.1 Å². The Labute approximate surface area is 179 Å². The van der Waals surface area contributed by atoms with Crippen LogP contribution >= 0.6 is 11.6 Å². The van der Waals surface area contributed by atoms with Gasteiger partial charge in [-0.1, -0.05) is 17.7 Å². The van der Waals surface area contributed by atoms with E-state index in [0.29, 0.717) is 29.7 Å². The van der Waals surface area contributed by atoms with Crippen molar-refractivity contribution in [1.29, 1.82) is 0 Å². The molecule has 1 heterocycles. The molecule has 0 bridgehead atoms. The lowest BCUT2D eigenvalue weighted by Crippen LogP contribution is -2.45. The summed E-state index contributed by atoms with van der Waals surface area (Å²) in [5.41, 5.74) is 2.20. The molecule has 2 rings (SSSR count). The average molecular weight is 424 g/mol. The fraction of sp³-hybridized carbons (Fsp3) is 0.636. The molecular weight excluding hydrogens is 390 g/mol. The summed E-state index contributed by atoms with van der Waals surface area (Å²) in [5.74, 6) is 0.249. The van der Waals surface area contributed by atoms with Gasteiger partial charge in [-0.25, -0.2) is 4.79 Å². The van der Waals surface area contributed by atoms with Crippen LogP contribution in [0.1, 0.15) is 44.7 Å². The molecule has 0 saturated carbocycles. The van der Waals surface area contributed by atoms with Crippen LogP contribution in [-0.2, 0) is 9.53 Å². The lowest BCUT2D eigenvalue weighted by Gasteiger charge is -2.34. The predicted octanol–water partition coefficient (Wildman–Crippen LogP) is 4.47. The van der Waals surface area contributed by atoms with Crippen LogP contribution in [0.15, 0.2) is 12.1 Å². The number of benzene rings is 1. The van der Waals surface area contributed by atoms with E-state index in [4.69, 9.17) is 16.3 Å². The second-order valence-electron chi connectivity index (χ2n) is 9.09. The van der Waals surface area contributed by atoms with Crippen LogP contribution in [0.3, 0.4) is 0 Å². The molecule has 0 aliphatic carbocycles.